The zero-order valence-corrected chi connectivity index (χ0v) is 15.5. The Kier molecular flexibility index (Phi) is 7.32. The molecule has 28 heavy (non-hydrogen) atoms. The van der Waals surface area contributed by atoms with Crippen LogP contribution in [0.25, 0.3) is 0 Å². The number of anilines is 1. The number of esters is 1. The molecule has 9 heteroatoms. The molecule has 148 valence electrons. The molecule has 0 aliphatic heterocycles. The second kappa shape index (κ2) is 9.91. The predicted octanol–water partition coefficient (Wildman–Crippen LogP) is 1.33. The first kappa shape index (κ1) is 20.7. The summed E-state index contributed by atoms with van der Waals surface area (Å²) in [5.41, 5.74) is 0.674. The summed E-state index contributed by atoms with van der Waals surface area (Å²) in [5.74, 6) is -1.88. The molecule has 0 spiro atoms. The van der Waals surface area contributed by atoms with Gasteiger partial charge in [-0.15, -0.1) is 0 Å². The van der Waals surface area contributed by atoms with E-state index in [1.54, 1.807) is 19.9 Å². The fourth-order valence-electron chi connectivity index (χ4n) is 2.11. The lowest BCUT2D eigenvalue weighted by atomic mass is 10.2. The number of hydrogen-bond acceptors (Lipinski definition) is 6. The first-order valence-electron chi connectivity index (χ1n) is 8.53. The summed E-state index contributed by atoms with van der Waals surface area (Å²) in [6.45, 7) is 2.90. The van der Waals surface area contributed by atoms with E-state index in [1.165, 1.54) is 36.6 Å². The second-order valence-electron chi connectivity index (χ2n) is 6.08. The fourth-order valence-corrected chi connectivity index (χ4v) is 2.11. The Labute approximate surface area is 161 Å². The van der Waals surface area contributed by atoms with E-state index < -0.39 is 24.4 Å². The van der Waals surface area contributed by atoms with E-state index in [9.17, 15) is 19.2 Å². The number of amides is 3. The minimum atomic E-state index is -0.703. The lowest BCUT2D eigenvalue weighted by Gasteiger charge is -2.09. The van der Waals surface area contributed by atoms with Gasteiger partial charge in [-0.3, -0.25) is 14.4 Å². The van der Waals surface area contributed by atoms with Gasteiger partial charge in [-0.1, -0.05) is 0 Å². The van der Waals surface area contributed by atoms with Crippen LogP contribution >= 0.6 is 0 Å². The molecule has 0 aliphatic carbocycles. The van der Waals surface area contributed by atoms with E-state index >= 15 is 0 Å². The molecule has 0 saturated heterocycles. The molecular formula is C19H21N3O6. The van der Waals surface area contributed by atoms with E-state index in [0.717, 1.165) is 0 Å². The molecule has 2 aromatic rings. The highest BCUT2D eigenvalue weighted by Crippen LogP contribution is 2.12. The number of ether oxygens (including phenoxy) is 1. The molecule has 1 aromatic carbocycles. The highest BCUT2D eigenvalue weighted by Gasteiger charge is 2.13. The van der Waals surface area contributed by atoms with Gasteiger partial charge in [0.15, 0.2) is 12.4 Å². The number of nitrogens with one attached hydrogen (secondary N) is 3. The van der Waals surface area contributed by atoms with E-state index in [0.29, 0.717) is 5.69 Å². The molecule has 3 N–H and O–H groups in total. The number of rotatable bonds is 8. The molecule has 1 heterocycles. The molecule has 0 aliphatic rings. The van der Waals surface area contributed by atoms with Crippen LogP contribution in [0.15, 0.2) is 47.1 Å². The maximum Gasteiger partial charge on any atom is 0.338 e. The normalized spacial score (nSPS) is 10.2. The van der Waals surface area contributed by atoms with Crippen LogP contribution in [0.1, 0.15) is 34.8 Å². The molecule has 3 amide bonds. The first-order valence-corrected chi connectivity index (χ1v) is 8.53. The fraction of sp³-hybridized carbons (Fsp3) is 0.263. The van der Waals surface area contributed by atoms with Crippen molar-refractivity contribution in [2.75, 3.05) is 18.5 Å². The average molecular weight is 387 g/mol. The molecule has 0 unspecified atom stereocenters. The lowest BCUT2D eigenvalue weighted by molar-refractivity contribution is -0.128. The number of furan rings is 1. The van der Waals surface area contributed by atoms with Gasteiger partial charge in [0.05, 0.1) is 18.4 Å². The van der Waals surface area contributed by atoms with Gasteiger partial charge in [-0.2, -0.15) is 0 Å². The Hall–Kier alpha value is -3.62. The van der Waals surface area contributed by atoms with Crippen LogP contribution in [-0.4, -0.2) is 42.9 Å². The van der Waals surface area contributed by atoms with Crippen LogP contribution in [0.4, 0.5) is 5.69 Å². The van der Waals surface area contributed by atoms with E-state index in [4.69, 9.17) is 9.15 Å². The number of hydrogen-bond donors (Lipinski definition) is 3. The second-order valence-corrected chi connectivity index (χ2v) is 6.08. The van der Waals surface area contributed by atoms with Crippen molar-refractivity contribution in [3.05, 3.63) is 54.0 Å². The van der Waals surface area contributed by atoms with Crippen molar-refractivity contribution < 1.29 is 28.3 Å². The van der Waals surface area contributed by atoms with Crippen LogP contribution in [0, 0.1) is 0 Å². The van der Waals surface area contributed by atoms with Crippen molar-refractivity contribution in [2.24, 2.45) is 0 Å². The van der Waals surface area contributed by atoms with Crippen molar-refractivity contribution in [1.82, 2.24) is 10.6 Å². The van der Waals surface area contributed by atoms with Crippen LogP contribution in [0.3, 0.4) is 0 Å². The van der Waals surface area contributed by atoms with E-state index in [1.807, 2.05) is 0 Å². The summed E-state index contributed by atoms with van der Waals surface area (Å²) in [6, 6.07) is 9.04. The largest absolute Gasteiger partial charge is 0.459 e. The molecule has 9 nitrogen and oxygen atoms in total. The molecule has 0 fully saturated rings. The minimum absolute atomic E-state index is 0.0333. The molecule has 0 saturated carbocycles. The highest BCUT2D eigenvalue weighted by molar-refractivity contribution is 6.02. The SMILES string of the molecule is CC(C)NC(=O)CNC(=O)COC(=O)c1ccc(NC(=O)c2ccco2)cc1. The van der Waals surface area contributed by atoms with Gasteiger partial charge in [0.1, 0.15) is 0 Å². The average Bonchev–Trinajstić information content (AvgIpc) is 3.19. The van der Waals surface area contributed by atoms with Crippen LogP contribution in [-0.2, 0) is 14.3 Å². The monoisotopic (exact) mass is 387 g/mol. The standard InChI is InChI=1S/C19H21N3O6/c1-12(2)21-16(23)10-20-17(24)11-28-19(26)13-5-7-14(8-6-13)22-18(25)15-4-3-9-27-15/h3-9,12H,10-11H2,1-2H3,(H,20,24)(H,21,23)(H,22,25). The molecule has 0 bridgehead atoms. The summed E-state index contributed by atoms with van der Waals surface area (Å²) in [4.78, 5) is 46.9. The van der Waals surface area contributed by atoms with Gasteiger partial charge >= 0.3 is 5.97 Å². The molecule has 2 rings (SSSR count). The zero-order valence-electron chi connectivity index (χ0n) is 15.5. The third-order valence-corrected chi connectivity index (χ3v) is 3.35. The number of carbonyl (C=O) groups excluding carboxylic acids is 4. The van der Waals surface area contributed by atoms with Crippen molar-refractivity contribution in [1.29, 1.82) is 0 Å². The summed E-state index contributed by atoms with van der Waals surface area (Å²) in [6.07, 6.45) is 1.39. The van der Waals surface area contributed by atoms with Gasteiger partial charge in [0.25, 0.3) is 11.8 Å². The Bertz CT molecular complexity index is 828. The number of benzene rings is 1. The molecule has 0 atom stereocenters. The zero-order chi connectivity index (χ0) is 20.5. The molecule has 1 aromatic heterocycles. The first-order chi connectivity index (χ1) is 13.3. The Balaban J connectivity index is 1.77. The topological polar surface area (TPSA) is 127 Å². The van der Waals surface area contributed by atoms with Crippen LogP contribution < -0.4 is 16.0 Å². The maximum absolute atomic E-state index is 12.0. The predicted molar refractivity (Wildman–Crippen MR) is 99.7 cm³/mol. The molecule has 0 radical (unpaired) electrons. The third kappa shape index (κ3) is 6.60. The third-order valence-electron chi connectivity index (χ3n) is 3.35. The smallest absolute Gasteiger partial charge is 0.338 e. The van der Waals surface area contributed by atoms with Crippen molar-refractivity contribution in [2.45, 2.75) is 19.9 Å². The lowest BCUT2D eigenvalue weighted by Crippen LogP contribution is -2.41. The quantitative estimate of drug-likeness (QED) is 0.587. The van der Waals surface area contributed by atoms with Gasteiger partial charge in [0, 0.05) is 11.7 Å². The van der Waals surface area contributed by atoms with Gasteiger partial charge in [-0.25, -0.2) is 4.79 Å². The van der Waals surface area contributed by atoms with Gasteiger partial charge in [-0.05, 0) is 50.2 Å². The maximum atomic E-state index is 12.0. The Morgan fingerprint density at radius 3 is 2.36 bits per heavy atom. The van der Waals surface area contributed by atoms with Crippen molar-refractivity contribution >= 4 is 29.4 Å². The van der Waals surface area contributed by atoms with Crippen molar-refractivity contribution in [3.63, 3.8) is 0 Å². The summed E-state index contributed by atoms with van der Waals surface area (Å²) >= 11 is 0. The minimum Gasteiger partial charge on any atom is -0.459 e. The van der Waals surface area contributed by atoms with Crippen LogP contribution in [0.2, 0.25) is 0 Å². The van der Waals surface area contributed by atoms with Crippen LogP contribution in [0.5, 0.6) is 0 Å². The van der Waals surface area contributed by atoms with Gasteiger partial charge in [0.2, 0.25) is 5.91 Å². The Morgan fingerprint density at radius 2 is 1.75 bits per heavy atom. The van der Waals surface area contributed by atoms with E-state index in [2.05, 4.69) is 16.0 Å². The Morgan fingerprint density at radius 1 is 1.04 bits per heavy atom. The summed E-state index contributed by atoms with van der Waals surface area (Å²) < 4.78 is 9.89. The number of carbonyl (C=O) groups is 4. The molecular weight excluding hydrogens is 366 g/mol. The summed E-state index contributed by atoms with van der Waals surface area (Å²) in [7, 11) is 0. The van der Waals surface area contributed by atoms with E-state index in [-0.39, 0.29) is 29.8 Å². The summed E-state index contributed by atoms with van der Waals surface area (Å²) in [5, 5.41) is 7.59. The highest BCUT2D eigenvalue weighted by atomic mass is 16.5. The van der Waals surface area contributed by atoms with Gasteiger partial charge < -0.3 is 25.1 Å². The van der Waals surface area contributed by atoms with Crippen molar-refractivity contribution in [3.8, 4) is 0 Å².